The Morgan fingerprint density at radius 3 is 2.78 bits per heavy atom. The molecule has 0 aliphatic heterocycles. The number of rotatable bonds is 4. The number of benzene rings is 2. The van der Waals surface area contributed by atoms with E-state index in [1.165, 1.54) is 18.2 Å². The maximum atomic E-state index is 13.9. The number of hydrogen-bond donors (Lipinski definition) is 2. The number of halogens is 2. The van der Waals surface area contributed by atoms with E-state index in [-0.39, 0.29) is 36.5 Å². The van der Waals surface area contributed by atoms with E-state index in [0.717, 1.165) is 11.1 Å². The Labute approximate surface area is 133 Å². The van der Waals surface area contributed by atoms with E-state index >= 15 is 0 Å². The Morgan fingerprint density at radius 1 is 1.22 bits per heavy atom. The average molecular weight is 316 g/mol. The molecule has 2 aromatic rings. The number of hydrogen-bond acceptors (Lipinski definition) is 2. The molecular formula is C18H18F2N2O. The molecule has 3 rings (SSSR count). The molecule has 0 bridgehead atoms. The minimum atomic E-state index is -0.373. The van der Waals surface area contributed by atoms with Crippen molar-refractivity contribution in [1.82, 2.24) is 5.32 Å². The summed E-state index contributed by atoms with van der Waals surface area (Å²) in [6.45, 7) is 0.404. The summed E-state index contributed by atoms with van der Waals surface area (Å²) in [5, 5.41) is 2.77. The van der Waals surface area contributed by atoms with Gasteiger partial charge in [-0.15, -0.1) is 0 Å². The third-order valence-electron chi connectivity index (χ3n) is 4.31. The number of fused-ring (bicyclic) bond motifs is 1. The Morgan fingerprint density at radius 2 is 2.04 bits per heavy atom. The van der Waals surface area contributed by atoms with Gasteiger partial charge in [0, 0.05) is 18.7 Å². The van der Waals surface area contributed by atoms with E-state index in [2.05, 4.69) is 5.32 Å². The lowest BCUT2D eigenvalue weighted by Gasteiger charge is -2.13. The maximum Gasteiger partial charge on any atom is 0.227 e. The normalized spacial score (nSPS) is 16.2. The third-order valence-corrected chi connectivity index (χ3v) is 4.31. The molecule has 2 aromatic carbocycles. The zero-order valence-corrected chi connectivity index (χ0v) is 12.6. The van der Waals surface area contributed by atoms with Crippen molar-refractivity contribution in [3.8, 4) is 0 Å². The molecule has 0 fully saturated rings. The summed E-state index contributed by atoms with van der Waals surface area (Å²) in [5.74, 6) is -1.11. The van der Waals surface area contributed by atoms with Crippen molar-refractivity contribution in [3.63, 3.8) is 0 Å². The van der Waals surface area contributed by atoms with Crippen LogP contribution in [-0.4, -0.2) is 5.91 Å². The fourth-order valence-corrected chi connectivity index (χ4v) is 3.03. The number of carbonyl (C=O) groups is 1. The van der Waals surface area contributed by atoms with Crippen LogP contribution in [0, 0.1) is 11.6 Å². The van der Waals surface area contributed by atoms with E-state index in [1.54, 1.807) is 18.2 Å². The van der Waals surface area contributed by atoms with Gasteiger partial charge >= 0.3 is 0 Å². The smallest absolute Gasteiger partial charge is 0.227 e. The van der Waals surface area contributed by atoms with Crippen LogP contribution in [0.25, 0.3) is 0 Å². The van der Waals surface area contributed by atoms with Gasteiger partial charge in [-0.05, 0) is 47.7 Å². The lowest BCUT2D eigenvalue weighted by atomic mass is 10.0. The van der Waals surface area contributed by atoms with Crippen LogP contribution >= 0.6 is 0 Å². The highest BCUT2D eigenvalue weighted by Gasteiger charge is 2.28. The van der Waals surface area contributed by atoms with Crippen LogP contribution in [0.3, 0.4) is 0 Å². The molecule has 0 radical (unpaired) electrons. The topological polar surface area (TPSA) is 55.1 Å². The van der Waals surface area contributed by atoms with Gasteiger partial charge in [0.25, 0.3) is 0 Å². The summed E-state index contributed by atoms with van der Waals surface area (Å²) < 4.78 is 27.1. The third kappa shape index (κ3) is 3.24. The van der Waals surface area contributed by atoms with Gasteiger partial charge in [0.15, 0.2) is 0 Å². The van der Waals surface area contributed by atoms with Gasteiger partial charge in [0.2, 0.25) is 5.91 Å². The predicted octanol–water partition coefficient (Wildman–Crippen LogP) is 2.77. The molecule has 1 amide bonds. The minimum Gasteiger partial charge on any atom is -0.351 e. The molecule has 1 aliphatic rings. The Balaban J connectivity index is 1.67. The van der Waals surface area contributed by atoms with Gasteiger partial charge in [-0.2, -0.15) is 0 Å². The largest absolute Gasteiger partial charge is 0.351 e. The summed E-state index contributed by atoms with van der Waals surface area (Å²) >= 11 is 0. The van der Waals surface area contributed by atoms with Crippen LogP contribution < -0.4 is 11.1 Å². The van der Waals surface area contributed by atoms with Crippen LogP contribution in [0.5, 0.6) is 0 Å². The minimum absolute atomic E-state index is 0.128. The van der Waals surface area contributed by atoms with Gasteiger partial charge in [0.1, 0.15) is 11.6 Å². The molecule has 0 unspecified atom stereocenters. The zero-order valence-electron chi connectivity index (χ0n) is 12.6. The van der Waals surface area contributed by atoms with Gasteiger partial charge in [0.05, 0.1) is 5.92 Å². The van der Waals surface area contributed by atoms with Crippen LogP contribution in [-0.2, 0) is 24.3 Å². The van der Waals surface area contributed by atoms with Crippen molar-refractivity contribution in [2.45, 2.75) is 31.8 Å². The van der Waals surface area contributed by atoms with Crippen molar-refractivity contribution in [2.24, 2.45) is 5.73 Å². The monoisotopic (exact) mass is 316 g/mol. The molecule has 1 atom stereocenters. The fraction of sp³-hybridized carbons (Fsp3) is 0.278. The number of nitrogens with one attached hydrogen (secondary N) is 1. The second kappa shape index (κ2) is 6.46. The lowest BCUT2D eigenvalue weighted by Crippen LogP contribution is -2.28. The van der Waals surface area contributed by atoms with Crippen LogP contribution in [0.15, 0.2) is 36.4 Å². The number of aryl methyl sites for hydroxylation is 1. The number of amides is 1. The average Bonchev–Trinajstić information content (AvgIpc) is 2.96. The standard InChI is InChI=1S/C18H18F2N2O/c19-14-4-6-15-12(8-14)3-5-16(15)18(23)22-10-13-2-1-11(9-21)7-17(13)20/h1-2,4,6-8,16H,3,5,9-10,21H2,(H,22,23)/t16-/m1/s1. The molecule has 3 nitrogen and oxygen atoms in total. The Kier molecular flexibility index (Phi) is 4.39. The van der Waals surface area contributed by atoms with E-state index in [4.69, 9.17) is 5.73 Å². The zero-order chi connectivity index (χ0) is 16.4. The summed E-state index contributed by atoms with van der Waals surface area (Å²) in [7, 11) is 0. The van der Waals surface area contributed by atoms with Crippen molar-refractivity contribution in [3.05, 3.63) is 70.3 Å². The predicted molar refractivity (Wildman–Crippen MR) is 83.6 cm³/mol. The van der Waals surface area contributed by atoms with Crippen molar-refractivity contribution in [2.75, 3.05) is 0 Å². The first-order valence-corrected chi connectivity index (χ1v) is 7.62. The molecule has 120 valence electrons. The van der Waals surface area contributed by atoms with E-state index in [0.29, 0.717) is 24.0 Å². The number of carbonyl (C=O) groups excluding carboxylic acids is 1. The Bertz CT molecular complexity index is 746. The molecule has 1 aliphatic carbocycles. The molecule has 0 spiro atoms. The van der Waals surface area contributed by atoms with Crippen LogP contribution in [0.1, 0.15) is 34.6 Å². The molecule has 23 heavy (non-hydrogen) atoms. The quantitative estimate of drug-likeness (QED) is 0.911. The molecule has 0 aromatic heterocycles. The highest BCUT2D eigenvalue weighted by molar-refractivity contribution is 5.84. The van der Waals surface area contributed by atoms with Crippen LogP contribution in [0.4, 0.5) is 8.78 Å². The first-order chi connectivity index (χ1) is 11.1. The van der Waals surface area contributed by atoms with Gasteiger partial charge in [-0.25, -0.2) is 8.78 Å². The summed E-state index contributed by atoms with van der Waals surface area (Å²) in [6.07, 6.45) is 1.34. The van der Waals surface area contributed by atoms with Crippen molar-refractivity contribution in [1.29, 1.82) is 0 Å². The summed E-state index contributed by atoms with van der Waals surface area (Å²) in [6, 6.07) is 9.28. The first-order valence-electron chi connectivity index (χ1n) is 7.62. The van der Waals surface area contributed by atoms with Crippen molar-refractivity contribution < 1.29 is 13.6 Å². The molecule has 0 heterocycles. The molecule has 3 N–H and O–H groups in total. The fourth-order valence-electron chi connectivity index (χ4n) is 3.03. The molecule has 0 saturated carbocycles. The van der Waals surface area contributed by atoms with Crippen LogP contribution in [0.2, 0.25) is 0 Å². The highest BCUT2D eigenvalue weighted by Crippen LogP contribution is 2.33. The number of nitrogens with two attached hydrogens (primary N) is 1. The van der Waals surface area contributed by atoms with E-state index in [1.807, 2.05) is 0 Å². The van der Waals surface area contributed by atoms with Gasteiger partial charge in [-0.1, -0.05) is 18.2 Å². The van der Waals surface area contributed by atoms with Gasteiger partial charge < -0.3 is 11.1 Å². The second-order valence-electron chi connectivity index (χ2n) is 5.78. The second-order valence-corrected chi connectivity index (χ2v) is 5.78. The summed E-state index contributed by atoms with van der Waals surface area (Å²) in [5.41, 5.74) is 8.34. The van der Waals surface area contributed by atoms with E-state index in [9.17, 15) is 13.6 Å². The van der Waals surface area contributed by atoms with E-state index < -0.39 is 0 Å². The maximum absolute atomic E-state index is 13.9. The summed E-state index contributed by atoms with van der Waals surface area (Å²) in [4.78, 5) is 12.4. The molecule has 5 heteroatoms. The molecular weight excluding hydrogens is 298 g/mol. The first kappa shape index (κ1) is 15.6. The molecule has 0 saturated heterocycles. The highest BCUT2D eigenvalue weighted by atomic mass is 19.1. The SMILES string of the molecule is NCc1ccc(CNC(=O)[C@@H]2CCc3cc(F)ccc32)c(F)c1. The van der Waals surface area contributed by atoms with Gasteiger partial charge in [-0.3, -0.25) is 4.79 Å². The lowest BCUT2D eigenvalue weighted by molar-refractivity contribution is -0.122. The van der Waals surface area contributed by atoms with Crippen molar-refractivity contribution >= 4 is 5.91 Å². The Hall–Kier alpha value is -2.27.